The normalized spacial score (nSPS) is 17.2. The van der Waals surface area contributed by atoms with Crippen LogP contribution in [-0.2, 0) is 22.5 Å². The molecule has 0 aliphatic carbocycles. The molecule has 0 saturated carbocycles. The molecule has 0 radical (unpaired) electrons. The van der Waals surface area contributed by atoms with E-state index in [1.165, 1.54) is 17.3 Å². The third-order valence-electron chi connectivity index (χ3n) is 7.60. The van der Waals surface area contributed by atoms with Gasteiger partial charge in [0.15, 0.2) is 0 Å². The maximum atomic E-state index is 13.5. The number of pyridine rings is 1. The fourth-order valence-electron chi connectivity index (χ4n) is 5.51. The number of ether oxygens (including phenoxy) is 1. The van der Waals surface area contributed by atoms with Crippen LogP contribution in [0, 0.1) is 24.2 Å². The molecular weight excluding hydrogens is 541 g/mol. The first-order chi connectivity index (χ1) is 19.4. The van der Waals surface area contributed by atoms with Gasteiger partial charge in [0.05, 0.1) is 4.91 Å². The van der Waals surface area contributed by atoms with Crippen LogP contribution in [0.15, 0.2) is 40.0 Å². The number of anilines is 1. The van der Waals surface area contributed by atoms with E-state index in [4.69, 9.17) is 17.0 Å². The Morgan fingerprint density at radius 2 is 1.88 bits per heavy atom. The van der Waals surface area contributed by atoms with E-state index in [-0.39, 0.29) is 17.0 Å². The van der Waals surface area contributed by atoms with Crippen LogP contribution in [0.4, 0.5) is 5.82 Å². The molecule has 0 spiro atoms. The average molecular weight is 579 g/mol. The van der Waals surface area contributed by atoms with Crippen molar-refractivity contribution in [2.24, 2.45) is 5.92 Å². The number of thioether (sulfide) groups is 1. The molecule has 4 rings (SSSR count). The Morgan fingerprint density at radius 1 is 1.15 bits per heavy atom. The number of hydrogen-bond donors (Lipinski definition) is 0. The predicted octanol–water partition coefficient (Wildman–Crippen LogP) is 5.53. The van der Waals surface area contributed by atoms with Crippen LogP contribution in [0.25, 0.3) is 6.08 Å². The molecule has 1 amide bonds. The van der Waals surface area contributed by atoms with Crippen molar-refractivity contribution in [3.63, 3.8) is 0 Å². The molecule has 40 heavy (non-hydrogen) atoms. The molecule has 7 nitrogen and oxygen atoms in total. The first kappa shape index (κ1) is 30.0. The number of amides is 1. The van der Waals surface area contributed by atoms with Crippen molar-refractivity contribution in [3.05, 3.63) is 67.8 Å². The maximum Gasteiger partial charge on any atom is 0.270 e. The van der Waals surface area contributed by atoms with Crippen LogP contribution in [-0.4, -0.2) is 52.5 Å². The van der Waals surface area contributed by atoms with Crippen molar-refractivity contribution in [1.82, 2.24) is 9.47 Å². The van der Waals surface area contributed by atoms with Crippen molar-refractivity contribution < 1.29 is 9.53 Å². The summed E-state index contributed by atoms with van der Waals surface area (Å²) >= 11 is 6.83. The zero-order chi connectivity index (χ0) is 28.6. The van der Waals surface area contributed by atoms with Crippen molar-refractivity contribution >= 4 is 46.1 Å². The Morgan fingerprint density at radius 3 is 2.52 bits per heavy atom. The Bertz CT molecular complexity index is 1360. The number of thiocarbonyl (C=S) groups is 1. The lowest BCUT2D eigenvalue weighted by molar-refractivity contribution is -0.122. The minimum absolute atomic E-state index is 0.134. The highest BCUT2D eigenvalue weighted by atomic mass is 32.2. The molecule has 212 valence electrons. The topological polar surface area (TPSA) is 78.6 Å². The minimum Gasteiger partial charge on any atom is -0.382 e. The molecule has 0 atom stereocenters. The van der Waals surface area contributed by atoms with Crippen LogP contribution >= 0.6 is 24.0 Å². The number of nitriles is 1. The van der Waals surface area contributed by atoms with Gasteiger partial charge in [-0.3, -0.25) is 19.1 Å². The van der Waals surface area contributed by atoms with Gasteiger partial charge in [0.1, 0.15) is 21.8 Å². The quantitative estimate of drug-likeness (QED) is 0.197. The van der Waals surface area contributed by atoms with Crippen LogP contribution in [0.5, 0.6) is 0 Å². The summed E-state index contributed by atoms with van der Waals surface area (Å²) in [6.45, 7) is 9.63. The van der Waals surface area contributed by atoms with Gasteiger partial charge in [0.2, 0.25) is 0 Å². The van der Waals surface area contributed by atoms with E-state index < -0.39 is 0 Å². The van der Waals surface area contributed by atoms with E-state index in [2.05, 4.69) is 35.2 Å². The summed E-state index contributed by atoms with van der Waals surface area (Å²) in [6.07, 6.45) is 6.38. The highest BCUT2D eigenvalue weighted by Gasteiger charge is 2.33. The number of rotatable bonds is 11. The Hall–Kier alpha value is -2.93. The fraction of sp³-hybridized carbons (Fsp3) is 0.484. The van der Waals surface area contributed by atoms with E-state index in [1.54, 1.807) is 9.47 Å². The number of aromatic nitrogens is 1. The smallest absolute Gasteiger partial charge is 0.270 e. The van der Waals surface area contributed by atoms with Crippen molar-refractivity contribution in [3.8, 4) is 6.07 Å². The fourth-order valence-corrected chi connectivity index (χ4v) is 6.80. The van der Waals surface area contributed by atoms with E-state index in [9.17, 15) is 14.9 Å². The molecule has 1 aromatic carbocycles. The number of carbonyl (C=O) groups is 1. The molecule has 0 unspecified atom stereocenters. The maximum absolute atomic E-state index is 13.5. The van der Waals surface area contributed by atoms with Gasteiger partial charge in [0.25, 0.3) is 11.5 Å². The summed E-state index contributed by atoms with van der Waals surface area (Å²) in [4.78, 5) is 31.3. The standard InChI is InChI=1S/C31H38N4O3S2/c1-4-14-34-28(33-16-12-24(13-17-33)19-23-10-7-6-8-11-23)25(22(3)26(21-32)29(34)36)20-27-30(37)35(31(39)40-27)15-9-18-38-5-2/h6-8,10-11,20,24H,4-5,9,12-19H2,1-3H3/b27-20-. The minimum atomic E-state index is -0.260. The molecule has 0 bridgehead atoms. The molecule has 2 aliphatic heterocycles. The van der Waals surface area contributed by atoms with Gasteiger partial charge in [-0.15, -0.1) is 0 Å². The molecule has 2 saturated heterocycles. The zero-order valence-corrected chi connectivity index (χ0v) is 25.3. The summed E-state index contributed by atoms with van der Waals surface area (Å²) in [5.74, 6) is 1.24. The summed E-state index contributed by atoms with van der Waals surface area (Å²) < 4.78 is 7.70. The lowest BCUT2D eigenvalue weighted by Gasteiger charge is -2.36. The largest absolute Gasteiger partial charge is 0.382 e. The first-order valence-corrected chi connectivity index (χ1v) is 15.4. The number of carbonyl (C=O) groups excluding carboxylic acids is 1. The number of piperidine rings is 1. The second-order valence-corrected chi connectivity index (χ2v) is 12.0. The van der Waals surface area contributed by atoms with Crippen LogP contribution in [0.3, 0.4) is 0 Å². The van der Waals surface area contributed by atoms with Crippen LogP contribution in [0.1, 0.15) is 61.8 Å². The number of nitrogens with zero attached hydrogens (tertiary/aromatic N) is 4. The third kappa shape index (κ3) is 6.68. The number of benzene rings is 1. The van der Waals surface area contributed by atoms with E-state index in [0.29, 0.717) is 53.4 Å². The lowest BCUT2D eigenvalue weighted by atomic mass is 9.90. The lowest BCUT2D eigenvalue weighted by Crippen LogP contribution is -2.40. The van der Waals surface area contributed by atoms with Gasteiger partial charge < -0.3 is 9.64 Å². The van der Waals surface area contributed by atoms with Gasteiger partial charge in [-0.2, -0.15) is 5.26 Å². The van der Waals surface area contributed by atoms with Gasteiger partial charge in [-0.1, -0.05) is 61.2 Å². The molecule has 2 aromatic rings. The van der Waals surface area contributed by atoms with Crippen molar-refractivity contribution in [1.29, 1.82) is 5.26 Å². The number of hydrogen-bond acceptors (Lipinski definition) is 7. The van der Waals surface area contributed by atoms with Gasteiger partial charge >= 0.3 is 0 Å². The van der Waals surface area contributed by atoms with Crippen LogP contribution < -0.4 is 10.5 Å². The highest BCUT2D eigenvalue weighted by Crippen LogP contribution is 2.37. The molecule has 9 heteroatoms. The Balaban J connectivity index is 1.67. The molecule has 2 fully saturated rings. The van der Waals surface area contributed by atoms with E-state index >= 15 is 0 Å². The Kier molecular flexibility index (Phi) is 10.6. The molecular formula is C31H38N4O3S2. The van der Waals surface area contributed by atoms with E-state index in [1.807, 2.05) is 32.9 Å². The second kappa shape index (κ2) is 14.1. The van der Waals surface area contributed by atoms with Crippen molar-refractivity contribution in [2.75, 3.05) is 37.7 Å². The zero-order valence-electron chi connectivity index (χ0n) is 23.6. The molecule has 2 aliphatic rings. The third-order valence-corrected chi connectivity index (χ3v) is 8.98. The summed E-state index contributed by atoms with van der Waals surface area (Å²) in [5.41, 5.74) is 2.60. The van der Waals surface area contributed by atoms with E-state index in [0.717, 1.165) is 50.2 Å². The summed E-state index contributed by atoms with van der Waals surface area (Å²) in [6, 6.07) is 12.7. The van der Waals surface area contributed by atoms with Gasteiger partial charge in [0, 0.05) is 45.0 Å². The summed E-state index contributed by atoms with van der Waals surface area (Å²) in [5, 5.41) is 9.92. The molecule has 0 N–H and O–H groups in total. The summed E-state index contributed by atoms with van der Waals surface area (Å²) in [7, 11) is 0. The first-order valence-electron chi connectivity index (χ1n) is 14.2. The molecule has 1 aromatic heterocycles. The average Bonchev–Trinajstić information content (AvgIpc) is 3.22. The highest BCUT2D eigenvalue weighted by molar-refractivity contribution is 8.26. The van der Waals surface area contributed by atoms with Crippen molar-refractivity contribution in [2.45, 2.75) is 59.4 Å². The monoisotopic (exact) mass is 578 g/mol. The SMILES string of the molecule is CCCn1c(N2CCC(Cc3ccccc3)CC2)c(/C=C2\SC(=S)N(CCCOCC)C2=O)c(C)c(C#N)c1=O. The van der Waals surface area contributed by atoms with Crippen LogP contribution in [0.2, 0.25) is 0 Å². The van der Waals surface area contributed by atoms with Gasteiger partial charge in [-0.05, 0) is 69.1 Å². The van der Waals surface area contributed by atoms with Gasteiger partial charge in [-0.25, -0.2) is 0 Å². The second-order valence-electron chi connectivity index (χ2n) is 10.3. The predicted molar refractivity (Wildman–Crippen MR) is 167 cm³/mol. The Labute approximate surface area is 246 Å². The molecule has 3 heterocycles.